The van der Waals surface area contributed by atoms with Gasteiger partial charge in [-0.05, 0) is 36.8 Å². The molecular formula is C17H15FN2O3S. The van der Waals surface area contributed by atoms with Gasteiger partial charge in [-0.3, -0.25) is 9.71 Å². The number of pyridine rings is 1. The van der Waals surface area contributed by atoms with Crippen LogP contribution in [0.2, 0.25) is 0 Å². The summed E-state index contributed by atoms with van der Waals surface area (Å²) in [6.07, 6.45) is 1.55. The minimum absolute atomic E-state index is 0.227. The topological polar surface area (TPSA) is 68.3 Å². The summed E-state index contributed by atoms with van der Waals surface area (Å²) in [5.74, 6) is -0.333. The van der Waals surface area contributed by atoms with Gasteiger partial charge in [-0.2, -0.15) is 0 Å². The number of sulfonamides is 1. The number of nitrogens with zero attached hydrogens (tertiary/aromatic N) is 1. The lowest BCUT2D eigenvalue weighted by molar-refractivity contribution is 0.415. The maximum absolute atomic E-state index is 14.0. The Bertz CT molecular complexity index is 1020. The molecule has 0 aliphatic rings. The average Bonchev–Trinajstić information content (AvgIpc) is 2.54. The van der Waals surface area contributed by atoms with Gasteiger partial charge in [0.2, 0.25) is 0 Å². The third-order valence-corrected chi connectivity index (χ3v) is 4.93. The highest BCUT2D eigenvalue weighted by atomic mass is 32.2. The van der Waals surface area contributed by atoms with Crippen LogP contribution in [0.4, 0.5) is 10.1 Å². The fraction of sp³-hybridized carbons (Fsp3) is 0.118. The molecule has 0 aliphatic heterocycles. The van der Waals surface area contributed by atoms with Crippen LogP contribution in [0.25, 0.3) is 10.9 Å². The van der Waals surface area contributed by atoms with Crippen molar-refractivity contribution < 1.29 is 17.5 Å². The van der Waals surface area contributed by atoms with Crippen molar-refractivity contribution in [3.8, 4) is 5.75 Å². The van der Waals surface area contributed by atoms with Crippen LogP contribution in [0.15, 0.2) is 53.6 Å². The number of hydrogen-bond acceptors (Lipinski definition) is 4. The largest absolute Gasteiger partial charge is 0.497 e. The van der Waals surface area contributed by atoms with Gasteiger partial charge < -0.3 is 4.74 Å². The van der Waals surface area contributed by atoms with Crippen LogP contribution >= 0.6 is 0 Å². The van der Waals surface area contributed by atoms with Crippen molar-refractivity contribution >= 4 is 26.6 Å². The van der Waals surface area contributed by atoms with E-state index in [9.17, 15) is 12.8 Å². The van der Waals surface area contributed by atoms with Crippen LogP contribution in [0.3, 0.4) is 0 Å². The Labute approximate surface area is 139 Å². The van der Waals surface area contributed by atoms with Crippen LogP contribution < -0.4 is 9.46 Å². The molecule has 7 heteroatoms. The summed E-state index contributed by atoms with van der Waals surface area (Å²) in [7, 11) is -2.62. The van der Waals surface area contributed by atoms with Gasteiger partial charge in [-0.25, -0.2) is 12.8 Å². The van der Waals surface area contributed by atoms with E-state index in [0.29, 0.717) is 22.2 Å². The van der Waals surface area contributed by atoms with Gasteiger partial charge in [0.25, 0.3) is 10.0 Å². The molecule has 1 aromatic heterocycles. The molecule has 0 unspecified atom stereocenters. The number of fused-ring (bicyclic) bond motifs is 1. The standard InChI is InChI=1S/C17H15FN2O3S/c1-11-5-6-16(14(18)8-11)24(21,22)20-15-10-13(23-2)9-12-4-3-7-19-17(12)15/h3-10,20H,1-2H3. The average molecular weight is 346 g/mol. The van der Waals surface area contributed by atoms with Crippen molar-refractivity contribution in [1.29, 1.82) is 0 Å². The van der Waals surface area contributed by atoms with E-state index >= 15 is 0 Å². The molecule has 0 fully saturated rings. The summed E-state index contributed by atoms with van der Waals surface area (Å²) in [6.45, 7) is 1.69. The molecule has 3 rings (SSSR count). The Morgan fingerprint density at radius 1 is 1.17 bits per heavy atom. The maximum Gasteiger partial charge on any atom is 0.264 e. The van der Waals surface area contributed by atoms with Crippen molar-refractivity contribution in [2.45, 2.75) is 11.8 Å². The SMILES string of the molecule is COc1cc(NS(=O)(=O)c2ccc(C)cc2F)c2ncccc2c1. The minimum atomic E-state index is -4.10. The molecule has 0 amide bonds. The van der Waals surface area contributed by atoms with Crippen LogP contribution in [0.1, 0.15) is 5.56 Å². The summed E-state index contributed by atoms with van der Waals surface area (Å²) in [5.41, 5.74) is 1.32. The molecule has 0 atom stereocenters. The monoisotopic (exact) mass is 346 g/mol. The van der Waals surface area contributed by atoms with Crippen molar-refractivity contribution in [3.63, 3.8) is 0 Å². The number of halogens is 1. The smallest absolute Gasteiger partial charge is 0.264 e. The summed E-state index contributed by atoms with van der Waals surface area (Å²) in [4.78, 5) is 3.78. The lowest BCUT2D eigenvalue weighted by atomic mass is 10.2. The first kappa shape index (κ1) is 16.2. The number of hydrogen-bond donors (Lipinski definition) is 1. The van der Waals surface area contributed by atoms with Crippen molar-refractivity contribution in [3.05, 3.63) is 60.0 Å². The fourth-order valence-electron chi connectivity index (χ4n) is 2.38. The molecule has 0 spiro atoms. The number of aryl methyl sites for hydroxylation is 1. The number of aromatic nitrogens is 1. The maximum atomic E-state index is 14.0. The molecule has 1 heterocycles. The Morgan fingerprint density at radius 3 is 2.67 bits per heavy atom. The van der Waals surface area contributed by atoms with Gasteiger partial charge in [-0.15, -0.1) is 0 Å². The zero-order valence-corrected chi connectivity index (χ0v) is 13.9. The molecule has 2 aromatic carbocycles. The van der Waals surface area contributed by atoms with Gasteiger partial charge in [-0.1, -0.05) is 12.1 Å². The summed E-state index contributed by atoms with van der Waals surface area (Å²) >= 11 is 0. The second-order valence-corrected chi connectivity index (χ2v) is 6.94. The minimum Gasteiger partial charge on any atom is -0.497 e. The fourth-order valence-corrected chi connectivity index (χ4v) is 3.50. The number of nitrogens with one attached hydrogen (secondary N) is 1. The van der Waals surface area contributed by atoms with Gasteiger partial charge in [0.05, 0.1) is 18.3 Å². The Kier molecular flexibility index (Phi) is 4.11. The van der Waals surface area contributed by atoms with Crippen molar-refractivity contribution in [1.82, 2.24) is 4.98 Å². The van der Waals surface area contributed by atoms with E-state index < -0.39 is 20.7 Å². The lowest BCUT2D eigenvalue weighted by Crippen LogP contribution is -2.15. The molecule has 124 valence electrons. The Balaban J connectivity index is 2.11. The van der Waals surface area contributed by atoms with E-state index in [0.717, 1.165) is 0 Å². The van der Waals surface area contributed by atoms with Crippen LogP contribution in [0, 0.1) is 12.7 Å². The molecule has 0 aliphatic carbocycles. The number of methoxy groups -OCH3 is 1. The molecule has 24 heavy (non-hydrogen) atoms. The lowest BCUT2D eigenvalue weighted by Gasteiger charge is -2.12. The first-order chi connectivity index (χ1) is 11.4. The van der Waals surface area contributed by atoms with Gasteiger partial charge in [0, 0.05) is 17.6 Å². The Morgan fingerprint density at radius 2 is 1.96 bits per heavy atom. The highest BCUT2D eigenvalue weighted by Crippen LogP contribution is 2.30. The molecular weight excluding hydrogens is 331 g/mol. The van der Waals surface area contributed by atoms with Gasteiger partial charge in [0.15, 0.2) is 0 Å². The predicted molar refractivity (Wildman–Crippen MR) is 90.2 cm³/mol. The molecule has 0 bridgehead atoms. The first-order valence-corrected chi connectivity index (χ1v) is 8.61. The molecule has 0 saturated heterocycles. The van der Waals surface area contributed by atoms with Gasteiger partial charge in [0.1, 0.15) is 16.5 Å². The zero-order chi connectivity index (χ0) is 17.3. The van der Waals surface area contributed by atoms with Crippen LogP contribution in [-0.2, 0) is 10.0 Å². The predicted octanol–water partition coefficient (Wildman–Crippen LogP) is 3.49. The highest BCUT2D eigenvalue weighted by molar-refractivity contribution is 7.92. The van der Waals surface area contributed by atoms with Crippen LogP contribution in [0.5, 0.6) is 5.75 Å². The van der Waals surface area contributed by atoms with E-state index in [1.165, 1.54) is 25.3 Å². The van der Waals surface area contributed by atoms with Gasteiger partial charge >= 0.3 is 0 Å². The second-order valence-electron chi connectivity index (χ2n) is 5.29. The molecule has 1 N–H and O–H groups in total. The highest BCUT2D eigenvalue weighted by Gasteiger charge is 2.21. The third-order valence-electron chi connectivity index (χ3n) is 3.54. The summed E-state index contributed by atoms with van der Waals surface area (Å²) < 4.78 is 46.8. The number of rotatable bonds is 4. The van der Waals surface area contributed by atoms with E-state index in [2.05, 4.69) is 9.71 Å². The molecule has 0 saturated carbocycles. The van der Waals surface area contributed by atoms with E-state index in [1.54, 1.807) is 37.4 Å². The first-order valence-electron chi connectivity index (χ1n) is 7.12. The van der Waals surface area contributed by atoms with Crippen LogP contribution in [-0.4, -0.2) is 20.5 Å². The zero-order valence-electron chi connectivity index (χ0n) is 13.1. The van der Waals surface area contributed by atoms with Crippen molar-refractivity contribution in [2.75, 3.05) is 11.8 Å². The summed E-state index contributed by atoms with van der Waals surface area (Å²) in [5, 5.41) is 0.707. The van der Waals surface area contributed by atoms with E-state index in [1.807, 2.05) is 0 Å². The molecule has 3 aromatic rings. The van der Waals surface area contributed by atoms with E-state index in [-0.39, 0.29) is 5.69 Å². The number of anilines is 1. The summed E-state index contributed by atoms with van der Waals surface area (Å²) in [6, 6.07) is 10.7. The normalized spacial score (nSPS) is 11.5. The molecule has 5 nitrogen and oxygen atoms in total. The Hall–Kier alpha value is -2.67. The second kappa shape index (κ2) is 6.09. The number of benzene rings is 2. The number of ether oxygens (including phenoxy) is 1. The van der Waals surface area contributed by atoms with E-state index in [4.69, 9.17) is 4.74 Å². The van der Waals surface area contributed by atoms with Crippen molar-refractivity contribution in [2.24, 2.45) is 0 Å². The molecule has 0 radical (unpaired) electrons. The third kappa shape index (κ3) is 3.03. The quantitative estimate of drug-likeness (QED) is 0.785.